The third-order valence-electron chi connectivity index (χ3n) is 8.53. The molecular weight excluding hydrogens is 683 g/mol. The molecule has 4 N–H and O–H groups in total. The molecule has 6 rings (SSSR count). The highest BCUT2D eigenvalue weighted by Gasteiger charge is 2.22. The van der Waals surface area contributed by atoms with E-state index >= 15 is 0 Å². The van der Waals surface area contributed by atoms with Gasteiger partial charge in [0.15, 0.2) is 0 Å². The highest BCUT2D eigenvalue weighted by atomic mass is 16.5. The second-order valence-electron chi connectivity index (χ2n) is 14.1. The molecule has 13 heteroatoms. The maximum Gasteiger partial charge on any atom is 0.324 e. The SMILES string of the molecule is COc1ccc(C(=O)NCCN(C)C)cc1Nc1nccc(Oc2ccc(NC(=O)Nc3cc(C(C)(C)C)nn3-c3ccc(C)cc3)c3ccccc23)n1. The smallest absolute Gasteiger partial charge is 0.324 e. The minimum absolute atomic E-state index is 0.202. The molecule has 0 aliphatic heterocycles. The molecule has 6 aromatic rings. The number of fused-ring (bicyclic) bond motifs is 1. The van der Waals surface area contributed by atoms with Crippen molar-refractivity contribution < 1.29 is 19.1 Å². The van der Waals surface area contributed by atoms with Crippen molar-refractivity contribution in [2.45, 2.75) is 33.1 Å². The summed E-state index contributed by atoms with van der Waals surface area (Å²) in [5.41, 5.74) is 4.17. The van der Waals surface area contributed by atoms with Crippen molar-refractivity contribution in [1.29, 1.82) is 0 Å². The van der Waals surface area contributed by atoms with E-state index in [1.165, 1.54) is 0 Å². The van der Waals surface area contributed by atoms with Gasteiger partial charge in [0.1, 0.15) is 17.3 Å². The van der Waals surface area contributed by atoms with Crippen molar-refractivity contribution >= 4 is 45.9 Å². The molecule has 54 heavy (non-hydrogen) atoms. The fourth-order valence-electron chi connectivity index (χ4n) is 5.59. The highest BCUT2D eigenvalue weighted by molar-refractivity contribution is 6.07. The summed E-state index contributed by atoms with van der Waals surface area (Å²) in [6.45, 7) is 9.51. The summed E-state index contributed by atoms with van der Waals surface area (Å²) >= 11 is 0. The Labute approximate surface area is 314 Å². The number of benzene rings is 4. The first kappa shape index (κ1) is 37.3. The minimum atomic E-state index is -0.417. The molecular formula is C41H45N9O4. The summed E-state index contributed by atoms with van der Waals surface area (Å²) in [6, 6.07) is 27.4. The summed E-state index contributed by atoms with van der Waals surface area (Å²) in [5.74, 6) is 1.92. The summed E-state index contributed by atoms with van der Waals surface area (Å²) < 4.78 is 13.6. The second-order valence-corrected chi connectivity index (χ2v) is 14.1. The van der Waals surface area contributed by atoms with Gasteiger partial charge in [-0.2, -0.15) is 10.1 Å². The number of aryl methyl sites for hydroxylation is 1. The summed E-state index contributed by atoms with van der Waals surface area (Å²) in [4.78, 5) is 37.2. The molecule has 0 aliphatic carbocycles. The number of likely N-dealkylation sites (N-methyl/N-ethyl adjacent to an activating group) is 1. The molecule has 0 radical (unpaired) electrons. The van der Waals surface area contributed by atoms with Crippen LogP contribution in [-0.2, 0) is 5.41 Å². The first-order chi connectivity index (χ1) is 25.9. The molecule has 4 aromatic carbocycles. The Bertz CT molecular complexity index is 2280. The van der Waals surface area contributed by atoms with Crippen molar-refractivity contribution in [3.05, 3.63) is 114 Å². The largest absolute Gasteiger partial charge is 0.495 e. The van der Waals surface area contributed by atoms with Gasteiger partial charge in [-0.1, -0.05) is 62.7 Å². The molecule has 13 nitrogen and oxygen atoms in total. The Morgan fingerprint density at radius 1 is 0.852 bits per heavy atom. The van der Waals surface area contributed by atoms with Gasteiger partial charge in [0.25, 0.3) is 5.91 Å². The number of hydrogen-bond acceptors (Lipinski definition) is 9. The highest BCUT2D eigenvalue weighted by Crippen LogP contribution is 2.35. The van der Waals surface area contributed by atoms with Crippen molar-refractivity contribution in [3.63, 3.8) is 0 Å². The first-order valence-electron chi connectivity index (χ1n) is 17.5. The number of anilines is 4. The normalized spacial score (nSPS) is 11.3. The van der Waals surface area contributed by atoms with Crippen LogP contribution in [0.1, 0.15) is 42.4 Å². The number of hydrogen-bond donors (Lipinski definition) is 4. The molecule has 2 heterocycles. The molecule has 0 aliphatic rings. The maximum atomic E-state index is 13.5. The van der Waals surface area contributed by atoms with Crippen LogP contribution in [0, 0.1) is 6.92 Å². The number of rotatable bonds is 12. The number of amides is 3. The van der Waals surface area contributed by atoms with Gasteiger partial charge in [0, 0.05) is 53.2 Å². The minimum Gasteiger partial charge on any atom is -0.495 e. The van der Waals surface area contributed by atoms with Crippen LogP contribution < -0.4 is 30.7 Å². The topological polar surface area (TPSA) is 148 Å². The van der Waals surface area contributed by atoms with E-state index in [-0.39, 0.29) is 23.2 Å². The molecule has 0 fully saturated rings. The number of ether oxygens (including phenoxy) is 2. The lowest BCUT2D eigenvalue weighted by molar-refractivity contribution is 0.0951. The van der Waals surface area contributed by atoms with E-state index in [2.05, 4.69) is 52.0 Å². The fourth-order valence-corrected chi connectivity index (χ4v) is 5.59. The van der Waals surface area contributed by atoms with E-state index in [1.54, 1.807) is 54.4 Å². The molecule has 0 spiro atoms. The van der Waals surface area contributed by atoms with Gasteiger partial charge in [-0.25, -0.2) is 14.5 Å². The molecule has 0 unspecified atom stereocenters. The lowest BCUT2D eigenvalue weighted by atomic mass is 9.92. The summed E-state index contributed by atoms with van der Waals surface area (Å²) in [5, 5.41) is 18.4. The van der Waals surface area contributed by atoms with Crippen molar-refractivity contribution in [2.24, 2.45) is 0 Å². The van der Waals surface area contributed by atoms with Crippen molar-refractivity contribution in [3.8, 4) is 23.1 Å². The molecule has 0 saturated carbocycles. The molecule has 0 saturated heterocycles. The summed E-state index contributed by atoms with van der Waals surface area (Å²) in [6.07, 6.45) is 1.57. The monoisotopic (exact) mass is 727 g/mol. The van der Waals surface area contributed by atoms with E-state index in [0.717, 1.165) is 34.3 Å². The zero-order chi connectivity index (χ0) is 38.4. The van der Waals surface area contributed by atoms with Crippen LogP contribution in [-0.4, -0.2) is 70.9 Å². The van der Waals surface area contributed by atoms with Gasteiger partial charge < -0.3 is 30.3 Å². The van der Waals surface area contributed by atoms with Gasteiger partial charge >= 0.3 is 6.03 Å². The first-order valence-corrected chi connectivity index (χ1v) is 17.5. The van der Waals surface area contributed by atoms with Crippen LogP contribution in [0.5, 0.6) is 17.4 Å². The van der Waals surface area contributed by atoms with E-state index in [0.29, 0.717) is 40.8 Å². The number of urea groups is 1. The van der Waals surface area contributed by atoms with Crippen molar-refractivity contribution in [1.82, 2.24) is 30.0 Å². The third kappa shape index (κ3) is 8.93. The number of nitrogens with one attached hydrogen (secondary N) is 4. The van der Waals surface area contributed by atoms with Crippen LogP contribution >= 0.6 is 0 Å². The number of nitrogens with zero attached hydrogens (tertiary/aromatic N) is 5. The maximum absolute atomic E-state index is 13.5. The van der Waals surface area contributed by atoms with Crippen LogP contribution in [0.2, 0.25) is 0 Å². The molecule has 0 atom stereocenters. The zero-order valence-electron chi connectivity index (χ0n) is 31.5. The second kappa shape index (κ2) is 16.0. The van der Waals surface area contributed by atoms with E-state index in [4.69, 9.17) is 14.6 Å². The number of carbonyl (C=O) groups is 2. The van der Waals surface area contributed by atoms with Crippen molar-refractivity contribution in [2.75, 3.05) is 50.2 Å². The molecule has 3 amide bonds. The Balaban J connectivity index is 1.20. The van der Waals surface area contributed by atoms with Crippen LogP contribution in [0.25, 0.3) is 16.5 Å². The Morgan fingerprint density at radius 3 is 2.31 bits per heavy atom. The van der Waals surface area contributed by atoms with Crippen LogP contribution in [0.4, 0.5) is 27.9 Å². The average Bonchev–Trinajstić information content (AvgIpc) is 3.57. The Morgan fingerprint density at radius 2 is 1.59 bits per heavy atom. The molecule has 278 valence electrons. The lowest BCUT2D eigenvalue weighted by Crippen LogP contribution is -2.31. The van der Waals surface area contributed by atoms with Gasteiger partial charge in [-0.3, -0.25) is 10.1 Å². The van der Waals surface area contributed by atoms with Gasteiger partial charge in [-0.05, 0) is 63.5 Å². The van der Waals surface area contributed by atoms with Gasteiger partial charge in [0.2, 0.25) is 11.8 Å². The summed E-state index contributed by atoms with van der Waals surface area (Å²) in [7, 11) is 5.45. The third-order valence-corrected chi connectivity index (χ3v) is 8.53. The number of carbonyl (C=O) groups excluding carboxylic acids is 2. The number of aromatic nitrogens is 4. The van der Waals surface area contributed by atoms with Crippen LogP contribution in [0.3, 0.4) is 0 Å². The van der Waals surface area contributed by atoms with E-state index in [9.17, 15) is 9.59 Å². The zero-order valence-corrected chi connectivity index (χ0v) is 31.5. The predicted octanol–water partition coefficient (Wildman–Crippen LogP) is 7.90. The van der Waals surface area contributed by atoms with E-state index < -0.39 is 6.03 Å². The van der Waals surface area contributed by atoms with E-state index in [1.807, 2.05) is 80.5 Å². The molecule has 0 bridgehead atoms. The number of methoxy groups -OCH3 is 1. The van der Waals surface area contributed by atoms with Crippen LogP contribution in [0.15, 0.2) is 97.2 Å². The van der Waals surface area contributed by atoms with Gasteiger partial charge in [0.05, 0.1) is 29.9 Å². The standard InChI is InChI=1S/C41H45N9O4/c1-26-12-15-28(16-13-26)50-36(25-35(48-50)41(2,3)4)46-40(52)45-31-17-19-33(30-11-9-8-10-29(30)31)54-37-20-21-43-39(47-37)44-32-24-27(14-18-34(32)53-7)38(51)42-22-23-49(5)6/h8-21,24-25H,22-23H2,1-7H3,(H,42,51)(H,43,44,47)(H2,45,46,52). The Kier molecular flexibility index (Phi) is 11.1. The quantitative estimate of drug-likeness (QED) is 0.0988. The predicted molar refractivity (Wildman–Crippen MR) is 213 cm³/mol. The Hall–Kier alpha value is -6.47. The molecule has 2 aromatic heterocycles. The average molecular weight is 728 g/mol. The fraction of sp³-hybridized carbons (Fsp3) is 0.244. The van der Waals surface area contributed by atoms with Gasteiger partial charge in [-0.15, -0.1) is 0 Å². The lowest BCUT2D eigenvalue weighted by Gasteiger charge is -2.15.